The summed E-state index contributed by atoms with van der Waals surface area (Å²) in [6.07, 6.45) is 8.67. The molecule has 322 valence electrons. The normalized spacial score (nSPS) is 18.0. The summed E-state index contributed by atoms with van der Waals surface area (Å²) in [6.45, 7) is 4.41. The van der Waals surface area contributed by atoms with E-state index in [4.69, 9.17) is 34.1 Å². The van der Waals surface area contributed by atoms with Crippen LogP contribution in [0.1, 0.15) is 97.8 Å². The fraction of sp³-hybridized carbons (Fsp3) is 0.451. The van der Waals surface area contributed by atoms with Gasteiger partial charge < -0.3 is 33.8 Å². The lowest BCUT2D eigenvalue weighted by molar-refractivity contribution is 0.109. The number of rotatable bonds is 14. The van der Waals surface area contributed by atoms with E-state index < -0.39 is 0 Å². The van der Waals surface area contributed by atoms with Crippen LogP contribution in [0.5, 0.6) is 11.5 Å². The number of anilines is 4. The van der Waals surface area contributed by atoms with Gasteiger partial charge in [-0.15, -0.1) is 0 Å². The third-order valence-corrected chi connectivity index (χ3v) is 14.0. The molecule has 4 fully saturated rings. The van der Waals surface area contributed by atoms with Gasteiger partial charge in [0.15, 0.2) is 0 Å². The molecule has 11 heteroatoms. The molecule has 1 unspecified atom stereocenters. The maximum absolute atomic E-state index is 6.26. The van der Waals surface area contributed by atoms with Gasteiger partial charge in [-0.05, 0) is 123 Å². The van der Waals surface area contributed by atoms with E-state index in [1.165, 1.54) is 36.8 Å². The van der Waals surface area contributed by atoms with Crippen molar-refractivity contribution in [1.29, 1.82) is 0 Å². The van der Waals surface area contributed by atoms with Crippen molar-refractivity contribution in [3.05, 3.63) is 108 Å². The van der Waals surface area contributed by atoms with Crippen molar-refractivity contribution in [3.8, 4) is 11.5 Å². The van der Waals surface area contributed by atoms with E-state index in [9.17, 15) is 0 Å². The maximum Gasteiger partial charge on any atom is 0.147 e. The number of benzene rings is 4. The molecule has 0 N–H and O–H groups in total. The molecular weight excluding hydrogens is 773 g/mol. The highest BCUT2D eigenvalue weighted by atomic mass is 16.5. The largest absolute Gasteiger partial charge is 0.496 e. The molecule has 1 atom stereocenters. The van der Waals surface area contributed by atoms with E-state index in [0.29, 0.717) is 30.2 Å². The molecule has 2 aromatic heterocycles. The summed E-state index contributed by atoms with van der Waals surface area (Å²) in [6, 6.07) is 30.3. The van der Waals surface area contributed by atoms with Crippen molar-refractivity contribution >= 4 is 44.8 Å². The fourth-order valence-electron chi connectivity index (χ4n) is 9.90. The number of ether oxygens (including phenoxy) is 3. The molecule has 0 bridgehead atoms. The lowest BCUT2D eigenvalue weighted by Crippen LogP contribution is -2.42. The van der Waals surface area contributed by atoms with Crippen LogP contribution >= 0.6 is 0 Å². The Balaban J connectivity index is 0.883. The summed E-state index contributed by atoms with van der Waals surface area (Å²) in [4.78, 5) is 30.3. The van der Waals surface area contributed by atoms with Gasteiger partial charge in [0.2, 0.25) is 0 Å². The molecule has 0 radical (unpaired) electrons. The number of likely N-dealkylation sites (N-methyl/N-ethyl adjacent to an activating group) is 2. The molecule has 4 aliphatic rings. The Bertz CT molecular complexity index is 2540. The van der Waals surface area contributed by atoms with E-state index in [0.717, 1.165) is 120 Å². The lowest BCUT2D eigenvalue weighted by atomic mass is 9.88. The van der Waals surface area contributed by atoms with E-state index in [1.807, 2.05) is 0 Å². The van der Waals surface area contributed by atoms with E-state index in [2.05, 4.69) is 119 Å². The Morgan fingerprint density at radius 2 is 1.00 bits per heavy atom. The lowest BCUT2D eigenvalue weighted by Gasteiger charge is -2.35. The second-order valence-electron chi connectivity index (χ2n) is 18.0. The van der Waals surface area contributed by atoms with Crippen LogP contribution < -0.4 is 29.1 Å². The zero-order chi connectivity index (χ0) is 42.3. The molecule has 2 saturated heterocycles. The first kappa shape index (κ1) is 40.4. The summed E-state index contributed by atoms with van der Waals surface area (Å²) in [5.74, 6) is 7.94. The van der Waals surface area contributed by atoms with Crippen LogP contribution in [-0.2, 0) is 4.74 Å². The number of fused-ring (bicyclic) bond motifs is 2. The summed E-state index contributed by atoms with van der Waals surface area (Å²) < 4.78 is 17.7. The van der Waals surface area contributed by atoms with Gasteiger partial charge in [0.1, 0.15) is 41.0 Å². The number of methoxy groups -OCH3 is 3. The second kappa shape index (κ2) is 17.2. The van der Waals surface area contributed by atoms with Crippen LogP contribution in [-0.4, -0.2) is 94.3 Å². The predicted molar refractivity (Wildman–Crippen MR) is 250 cm³/mol. The van der Waals surface area contributed by atoms with Crippen LogP contribution in [0.4, 0.5) is 23.0 Å². The Hall–Kier alpha value is -5.68. The third-order valence-electron chi connectivity index (χ3n) is 14.0. The van der Waals surface area contributed by atoms with Crippen LogP contribution in [0.25, 0.3) is 21.8 Å². The molecule has 11 nitrogen and oxygen atoms in total. The molecule has 62 heavy (non-hydrogen) atoms. The van der Waals surface area contributed by atoms with Gasteiger partial charge in [0.25, 0.3) is 0 Å². The first-order valence-electron chi connectivity index (χ1n) is 22.7. The highest BCUT2D eigenvalue weighted by molar-refractivity contribution is 5.93. The minimum Gasteiger partial charge on any atom is -0.496 e. The molecule has 4 heterocycles. The SMILES string of the molecule is COc1ccccc1C1CCN(c2nc(C3CC3)nc3ccc(N(C)CC(OC)N(C)c4ccc5nc(C6CC6)nc(N6CCC(c7ccccc7OC)CC6)c5c4)cc23)CC1. The average molecular weight is 833 g/mol. The Kier molecular flexibility index (Phi) is 11.2. The van der Waals surface area contributed by atoms with E-state index >= 15 is 0 Å². The molecule has 2 saturated carbocycles. The van der Waals surface area contributed by atoms with E-state index in [1.54, 1.807) is 21.3 Å². The smallest absolute Gasteiger partial charge is 0.147 e. The highest BCUT2D eigenvalue weighted by Gasteiger charge is 2.32. The second-order valence-corrected chi connectivity index (χ2v) is 18.0. The Labute approximate surface area is 366 Å². The highest BCUT2D eigenvalue weighted by Crippen LogP contribution is 2.44. The van der Waals surface area contributed by atoms with Crippen molar-refractivity contribution in [2.24, 2.45) is 0 Å². The number of hydrogen-bond donors (Lipinski definition) is 0. The quantitative estimate of drug-likeness (QED) is 0.0983. The van der Waals surface area contributed by atoms with Crippen LogP contribution in [0.3, 0.4) is 0 Å². The van der Waals surface area contributed by atoms with Crippen LogP contribution in [0, 0.1) is 0 Å². The zero-order valence-corrected chi connectivity index (χ0v) is 37.0. The molecule has 6 aromatic rings. The van der Waals surface area contributed by atoms with Gasteiger partial charge in [-0.2, -0.15) is 0 Å². The molecule has 0 spiro atoms. The third kappa shape index (κ3) is 8.07. The molecular formula is C51H60N8O3. The van der Waals surface area contributed by atoms with Gasteiger partial charge >= 0.3 is 0 Å². The Morgan fingerprint density at radius 1 is 0.548 bits per heavy atom. The van der Waals surface area contributed by atoms with Gasteiger partial charge in [0, 0.05) is 81.4 Å². The summed E-state index contributed by atoms with van der Waals surface area (Å²) in [5.41, 5.74) is 6.83. The molecule has 10 rings (SSSR count). The Morgan fingerprint density at radius 3 is 1.45 bits per heavy atom. The van der Waals surface area contributed by atoms with Crippen molar-refractivity contribution in [3.63, 3.8) is 0 Å². The zero-order valence-electron chi connectivity index (χ0n) is 37.0. The molecule has 2 aliphatic heterocycles. The van der Waals surface area contributed by atoms with Gasteiger partial charge in [-0.3, -0.25) is 0 Å². The predicted octanol–water partition coefficient (Wildman–Crippen LogP) is 9.66. The van der Waals surface area contributed by atoms with Crippen LogP contribution in [0.15, 0.2) is 84.9 Å². The molecule has 0 amide bonds. The number of hydrogen-bond acceptors (Lipinski definition) is 11. The van der Waals surface area contributed by atoms with Gasteiger partial charge in [-0.1, -0.05) is 36.4 Å². The van der Waals surface area contributed by atoms with Crippen molar-refractivity contribution in [2.45, 2.75) is 81.3 Å². The average Bonchev–Trinajstić information content (AvgIpc) is 4.27. The fourth-order valence-corrected chi connectivity index (χ4v) is 9.90. The minimum atomic E-state index is -0.221. The minimum absolute atomic E-state index is 0.221. The molecule has 2 aliphatic carbocycles. The monoisotopic (exact) mass is 832 g/mol. The number of nitrogens with zero attached hydrogens (tertiary/aromatic N) is 8. The van der Waals surface area contributed by atoms with Gasteiger partial charge in [-0.25, -0.2) is 19.9 Å². The molecule has 4 aromatic carbocycles. The number of piperidine rings is 2. The number of para-hydroxylation sites is 2. The first-order valence-corrected chi connectivity index (χ1v) is 22.7. The van der Waals surface area contributed by atoms with E-state index in [-0.39, 0.29) is 6.23 Å². The van der Waals surface area contributed by atoms with Crippen LogP contribution in [0.2, 0.25) is 0 Å². The first-order chi connectivity index (χ1) is 30.4. The summed E-state index contributed by atoms with van der Waals surface area (Å²) in [7, 11) is 9.63. The van der Waals surface area contributed by atoms with Crippen molar-refractivity contribution in [2.75, 3.05) is 87.7 Å². The van der Waals surface area contributed by atoms with Crippen molar-refractivity contribution < 1.29 is 14.2 Å². The summed E-state index contributed by atoms with van der Waals surface area (Å²) >= 11 is 0. The summed E-state index contributed by atoms with van der Waals surface area (Å²) in [5, 5.41) is 2.20. The van der Waals surface area contributed by atoms with Gasteiger partial charge in [0.05, 0.1) is 31.8 Å². The standard InChI is InChI=1S/C51H60N8O3/c1-56(37-18-20-43-41(30-37)50(54-48(52-43)35-14-15-35)58-26-22-33(23-27-58)39-10-6-8-12-45(39)60-3)32-47(62-5)57(2)38-19-21-44-42(31-38)51(55-49(53-44)36-16-17-36)59-28-24-34(25-29-59)40-11-7-9-13-46(40)61-4/h6-13,18-21,30-31,33-36,47H,14-17,22-29,32H2,1-5H3. The maximum atomic E-state index is 6.26. The topological polar surface area (TPSA) is 92.2 Å². The van der Waals surface area contributed by atoms with Crippen molar-refractivity contribution in [1.82, 2.24) is 19.9 Å². The number of aromatic nitrogens is 4.